The largest absolute Gasteiger partial charge is 0.477 e. The minimum absolute atomic E-state index is 0.115. The maximum atomic E-state index is 12.8. The second-order valence-electron chi connectivity index (χ2n) is 5.34. The van der Waals surface area contributed by atoms with Gasteiger partial charge >= 0.3 is 12.3 Å². The molecule has 5 nitrogen and oxygen atoms in total. The first-order valence-corrected chi connectivity index (χ1v) is 6.51. The quantitative estimate of drug-likeness (QED) is 0.931. The number of hydrogen-bond acceptors (Lipinski definition) is 3. The molecule has 3 rings (SSSR count). The Kier molecular flexibility index (Phi) is 3.18. The van der Waals surface area contributed by atoms with Gasteiger partial charge in [0.1, 0.15) is 5.56 Å². The Balaban J connectivity index is 1.58. The summed E-state index contributed by atoms with van der Waals surface area (Å²) in [5, 5.41) is 8.83. The van der Waals surface area contributed by atoms with Crippen molar-refractivity contribution in [3.8, 4) is 5.88 Å². The standard InChI is InChI=1S/C13H13F3N2O3/c14-13(15,16)10-2-1-3-17-11(10)21-6-9-7-4-18(12(19)20)5-8(7)9/h1-3,7-9H,4-6H2,(H,19,20)/t7-,8+,9?. The van der Waals surface area contributed by atoms with Crippen LogP contribution in [-0.4, -0.2) is 40.8 Å². The van der Waals surface area contributed by atoms with E-state index in [9.17, 15) is 18.0 Å². The molecule has 3 atom stereocenters. The molecule has 1 N–H and O–H groups in total. The molecule has 0 aromatic carbocycles. The van der Waals surface area contributed by atoms with E-state index in [0.717, 1.165) is 6.07 Å². The van der Waals surface area contributed by atoms with Crippen LogP contribution in [0.5, 0.6) is 5.88 Å². The van der Waals surface area contributed by atoms with Crippen molar-refractivity contribution in [3.05, 3.63) is 23.9 Å². The van der Waals surface area contributed by atoms with Gasteiger partial charge in [-0.15, -0.1) is 0 Å². The Labute approximate surface area is 118 Å². The van der Waals surface area contributed by atoms with Gasteiger partial charge in [-0.2, -0.15) is 13.2 Å². The van der Waals surface area contributed by atoms with Crippen LogP contribution >= 0.6 is 0 Å². The molecule has 1 aliphatic heterocycles. The molecule has 2 heterocycles. The van der Waals surface area contributed by atoms with Gasteiger partial charge in [0.25, 0.3) is 0 Å². The number of ether oxygens (including phenoxy) is 1. The van der Waals surface area contributed by atoms with E-state index in [0.29, 0.717) is 13.1 Å². The van der Waals surface area contributed by atoms with Gasteiger partial charge in [0, 0.05) is 25.2 Å². The maximum absolute atomic E-state index is 12.8. The highest BCUT2D eigenvalue weighted by Gasteiger charge is 2.57. The fourth-order valence-electron chi connectivity index (χ4n) is 2.95. The predicted octanol–water partition coefficient (Wildman–Crippen LogP) is 2.34. The Bertz CT molecular complexity index is 552. The highest BCUT2D eigenvalue weighted by atomic mass is 19.4. The van der Waals surface area contributed by atoms with Crippen LogP contribution in [0.25, 0.3) is 0 Å². The number of rotatable bonds is 3. The number of fused-ring (bicyclic) bond motifs is 1. The third kappa shape index (κ3) is 2.62. The van der Waals surface area contributed by atoms with Crippen molar-refractivity contribution in [2.24, 2.45) is 17.8 Å². The van der Waals surface area contributed by atoms with E-state index >= 15 is 0 Å². The number of amides is 1. The summed E-state index contributed by atoms with van der Waals surface area (Å²) in [6, 6.07) is 2.15. The number of alkyl halides is 3. The summed E-state index contributed by atoms with van der Waals surface area (Å²) in [4.78, 5) is 15.7. The zero-order valence-corrected chi connectivity index (χ0v) is 10.9. The Morgan fingerprint density at radius 3 is 2.67 bits per heavy atom. The second kappa shape index (κ2) is 4.78. The molecular weight excluding hydrogens is 289 g/mol. The first-order valence-electron chi connectivity index (χ1n) is 6.51. The first kappa shape index (κ1) is 14.0. The number of carboxylic acid groups (broad SMARTS) is 1. The number of carbonyl (C=O) groups is 1. The molecule has 1 saturated carbocycles. The van der Waals surface area contributed by atoms with Gasteiger partial charge in [0.15, 0.2) is 0 Å². The van der Waals surface area contributed by atoms with Crippen LogP contribution in [0.4, 0.5) is 18.0 Å². The average Bonchev–Trinajstić information content (AvgIpc) is 2.86. The molecule has 8 heteroatoms. The molecule has 0 bridgehead atoms. The Morgan fingerprint density at radius 1 is 1.43 bits per heavy atom. The van der Waals surface area contributed by atoms with Crippen molar-refractivity contribution in [1.29, 1.82) is 0 Å². The molecule has 0 radical (unpaired) electrons. The van der Waals surface area contributed by atoms with Crippen molar-refractivity contribution < 1.29 is 27.8 Å². The van der Waals surface area contributed by atoms with E-state index < -0.39 is 23.7 Å². The monoisotopic (exact) mass is 302 g/mol. The zero-order chi connectivity index (χ0) is 15.2. The van der Waals surface area contributed by atoms with Gasteiger partial charge < -0.3 is 14.7 Å². The van der Waals surface area contributed by atoms with Crippen molar-refractivity contribution in [2.75, 3.05) is 19.7 Å². The molecule has 2 fully saturated rings. The van der Waals surface area contributed by atoms with Crippen LogP contribution in [0.1, 0.15) is 5.56 Å². The van der Waals surface area contributed by atoms with Crippen molar-refractivity contribution in [3.63, 3.8) is 0 Å². The molecule has 1 aromatic rings. The molecule has 0 spiro atoms. The van der Waals surface area contributed by atoms with E-state index in [1.807, 2.05) is 0 Å². The highest BCUT2D eigenvalue weighted by molar-refractivity contribution is 5.65. The fraction of sp³-hybridized carbons (Fsp3) is 0.538. The lowest BCUT2D eigenvalue weighted by Crippen LogP contribution is -2.30. The molecule has 1 aliphatic carbocycles. The predicted molar refractivity (Wildman–Crippen MR) is 64.8 cm³/mol. The number of halogens is 3. The summed E-state index contributed by atoms with van der Waals surface area (Å²) in [5.74, 6) is 0.0899. The van der Waals surface area contributed by atoms with Crippen molar-refractivity contribution >= 4 is 6.09 Å². The number of aromatic nitrogens is 1. The third-order valence-corrected chi connectivity index (χ3v) is 4.13. The SMILES string of the molecule is O=C(O)N1C[C@@H]2C(COc3ncccc3C(F)(F)F)[C@@H]2C1. The number of nitrogens with zero attached hydrogens (tertiary/aromatic N) is 2. The molecule has 1 saturated heterocycles. The van der Waals surface area contributed by atoms with Crippen LogP contribution < -0.4 is 4.74 Å². The zero-order valence-electron chi connectivity index (χ0n) is 10.9. The van der Waals surface area contributed by atoms with Crippen LogP contribution in [-0.2, 0) is 6.18 Å². The lowest BCUT2D eigenvalue weighted by molar-refractivity contribution is -0.139. The van der Waals surface area contributed by atoms with Gasteiger partial charge in [-0.1, -0.05) is 0 Å². The van der Waals surface area contributed by atoms with Crippen molar-refractivity contribution in [2.45, 2.75) is 6.18 Å². The molecule has 1 amide bonds. The molecule has 1 unspecified atom stereocenters. The highest BCUT2D eigenvalue weighted by Crippen LogP contribution is 2.51. The summed E-state index contributed by atoms with van der Waals surface area (Å²) in [6.07, 6.45) is -4.20. The van der Waals surface area contributed by atoms with Gasteiger partial charge in [-0.25, -0.2) is 9.78 Å². The normalized spacial score (nSPS) is 27.4. The summed E-state index contributed by atoms with van der Waals surface area (Å²) in [6.45, 7) is 1.01. The van der Waals surface area contributed by atoms with E-state index in [2.05, 4.69) is 4.98 Å². The lowest BCUT2D eigenvalue weighted by Gasteiger charge is -2.16. The molecule has 2 aliphatic rings. The summed E-state index contributed by atoms with van der Waals surface area (Å²) in [7, 11) is 0. The fourth-order valence-corrected chi connectivity index (χ4v) is 2.95. The number of likely N-dealkylation sites (tertiary alicyclic amines) is 1. The third-order valence-electron chi connectivity index (χ3n) is 4.13. The Morgan fingerprint density at radius 2 is 2.10 bits per heavy atom. The van der Waals surface area contributed by atoms with E-state index in [4.69, 9.17) is 9.84 Å². The van der Waals surface area contributed by atoms with Crippen LogP contribution in [0, 0.1) is 17.8 Å². The molecule has 114 valence electrons. The van der Waals surface area contributed by atoms with Gasteiger partial charge in [-0.3, -0.25) is 0 Å². The Hall–Kier alpha value is -1.99. The second-order valence-corrected chi connectivity index (χ2v) is 5.34. The summed E-state index contributed by atoms with van der Waals surface area (Å²) in [5.41, 5.74) is -0.886. The topological polar surface area (TPSA) is 62.7 Å². The average molecular weight is 302 g/mol. The maximum Gasteiger partial charge on any atom is 0.421 e. The van der Waals surface area contributed by atoms with Crippen LogP contribution in [0.15, 0.2) is 18.3 Å². The lowest BCUT2D eigenvalue weighted by atomic mass is 10.2. The van der Waals surface area contributed by atoms with E-state index in [1.54, 1.807) is 0 Å². The van der Waals surface area contributed by atoms with Crippen molar-refractivity contribution in [1.82, 2.24) is 9.88 Å². The minimum Gasteiger partial charge on any atom is -0.477 e. The molecular formula is C13H13F3N2O3. The number of piperidine rings is 1. The van der Waals surface area contributed by atoms with Crippen LogP contribution in [0.3, 0.4) is 0 Å². The number of hydrogen-bond donors (Lipinski definition) is 1. The van der Waals surface area contributed by atoms with Crippen LogP contribution in [0.2, 0.25) is 0 Å². The first-order chi connectivity index (χ1) is 9.88. The van der Waals surface area contributed by atoms with Gasteiger partial charge in [0.2, 0.25) is 5.88 Å². The molecule has 21 heavy (non-hydrogen) atoms. The number of pyridine rings is 1. The summed E-state index contributed by atoms with van der Waals surface area (Å²) >= 11 is 0. The van der Waals surface area contributed by atoms with Gasteiger partial charge in [-0.05, 0) is 24.0 Å². The van der Waals surface area contributed by atoms with Gasteiger partial charge in [0.05, 0.1) is 6.61 Å². The smallest absolute Gasteiger partial charge is 0.421 e. The minimum atomic E-state index is -4.50. The molecule has 1 aromatic heterocycles. The van der Waals surface area contributed by atoms with E-state index in [1.165, 1.54) is 17.2 Å². The van der Waals surface area contributed by atoms with E-state index in [-0.39, 0.29) is 24.4 Å². The summed E-state index contributed by atoms with van der Waals surface area (Å²) < 4.78 is 43.5.